The summed E-state index contributed by atoms with van der Waals surface area (Å²) in [5.41, 5.74) is 7.55. The fraction of sp³-hybridized carbons (Fsp3) is 0.526. The van der Waals surface area contributed by atoms with Gasteiger partial charge in [-0.1, -0.05) is 36.8 Å². The van der Waals surface area contributed by atoms with Crippen molar-refractivity contribution in [3.05, 3.63) is 42.0 Å². The molecule has 2 aliphatic carbocycles. The number of amides is 1. The van der Waals surface area contributed by atoms with Gasteiger partial charge in [0.2, 0.25) is 5.91 Å². The Morgan fingerprint density at radius 2 is 2.00 bits per heavy atom. The Kier molecular flexibility index (Phi) is 4.19. The Morgan fingerprint density at radius 3 is 2.65 bits per heavy atom. The summed E-state index contributed by atoms with van der Waals surface area (Å²) in [6, 6.07) is 10.5. The number of hydrazine groups is 1. The lowest BCUT2D eigenvalue weighted by molar-refractivity contribution is -0.132. The Labute approximate surface area is 137 Å². The van der Waals surface area contributed by atoms with E-state index in [1.165, 1.54) is 25.7 Å². The molecule has 2 bridgehead atoms. The molecule has 1 heterocycles. The summed E-state index contributed by atoms with van der Waals surface area (Å²) in [4.78, 5) is 15.1. The summed E-state index contributed by atoms with van der Waals surface area (Å²) in [5, 5.41) is 0. The number of rotatable bonds is 4. The number of fused-ring (bicyclic) bond motifs is 2. The highest BCUT2D eigenvalue weighted by molar-refractivity contribution is 5.92. The van der Waals surface area contributed by atoms with Crippen LogP contribution >= 0.6 is 0 Å². The Balaban J connectivity index is 1.52. The van der Waals surface area contributed by atoms with Gasteiger partial charge in [0.15, 0.2) is 0 Å². The molecule has 3 fully saturated rings. The normalized spacial score (nSPS) is 32.7. The predicted molar refractivity (Wildman–Crippen MR) is 91.1 cm³/mol. The van der Waals surface area contributed by atoms with Gasteiger partial charge >= 0.3 is 0 Å². The Bertz CT molecular complexity index is 580. The van der Waals surface area contributed by atoms with Gasteiger partial charge in [-0.25, -0.2) is 5.43 Å². The third-order valence-corrected chi connectivity index (χ3v) is 5.68. The highest BCUT2D eigenvalue weighted by atomic mass is 16.2. The van der Waals surface area contributed by atoms with E-state index < -0.39 is 0 Å². The van der Waals surface area contributed by atoms with Crippen LogP contribution in [0.3, 0.4) is 0 Å². The monoisotopic (exact) mass is 311 g/mol. The standard InChI is InChI=1S/C19H25N3O/c23-19(9-7-14-4-2-1-3-5-14)22(18-10-11-20-21-18)17-13-15-6-8-16(17)12-15/h1-5,7,9,15-18,20-21H,6,8,10-13H2/b9-7+. The summed E-state index contributed by atoms with van der Waals surface area (Å²) < 4.78 is 0. The van der Waals surface area contributed by atoms with E-state index in [1.54, 1.807) is 6.08 Å². The first kappa shape index (κ1) is 14.9. The average Bonchev–Trinajstić information content (AvgIpc) is 3.32. The number of nitrogens with zero attached hydrogens (tertiary/aromatic N) is 1. The number of carbonyl (C=O) groups is 1. The second-order valence-electron chi connectivity index (χ2n) is 7.11. The van der Waals surface area contributed by atoms with Crippen LogP contribution in [0.5, 0.6) is 0 Å². The largest absolute Gasteiger partial charge is 0.319 e. The van der Waals surface area contributed by atoms with Crippen LogP contribution < -0.4 is 10.9 Å². The van der Waals surface area contributed by atoms with Crippen molar-refractivity contribution in [2.75, 3.05) is 6.54 Å². The third-order valence-electron chi connectivity index (χ3n) is 5.68. The molecule has 0 spiro atoms. The van der Waals surface area contributed by atoms with E-state index in [0.717, 1.165) is 24.4 Å². The summed E-state index contributed by atoms with van der Waals surface area (Å²) >= 11 is 0. The molecule has 4 atom stereocenters. The maximum Gasteiger partial charge on any atom is 0.248 e. The number of benzene rings is 1. The van der Waals surface area contributed by atoms with E-state index in [1.807, 2.05) is 36.4 Å². The van der Waals surface area contributed by atoms with Crippen LogP contribution in [0.15, 0.2) is 36.4 Å². The van der Waals surface area contributed by atoms with Crippen molar-refractivity contribution in [1.29, 1.82) is 0 Å². The molecule has 4 nitrogen and oxygen atoms in total. The van der Waals surface area contributed by atoms with Gasteiger partial charge in [-0.2, -0.15) is 0 Å². The molecule has 1 amide bonds. The predicted octanol–water partition coefficient (Wildman–Crippen LogP) is 2.54. The van der Waals surface area contributed by atoms with Crippen LogP contribution in [0.1, 0.15) is 37.7 Å². The van der Waals surface area contributed by atoms with Crippen molar-refractivity contribution in [2.24, 2.45) is 11.8 Å². The van der Waals surface area contributed by atoms with Crippen molar-refractivity contribution in [3.63, 3.8) is 0 Å². The number of hydrogen-bond donors (Lipinski definition) is 2. The van der Waals surface area contributed by atoms with Crippen molar-refractivity contribution >= 4 is 12.0 Å². The molecule has 4 heteroatoms. The highest BCUT2D eigenvalue weighted by Gasteiger charge is 2.45. The lowest BCUT2D eigenvalue weighted by Crippen LogP contribution is -2.53. The topological polar surface area (TPSA) is 44.4 Å². The van der Waals surface area contributed by atoms with E-state index in [2.05, 4.69) is 15.8 Å². The second kappa shape index (κ2) is 6.46. The minimum Gasteiger partial charge on any atom is -0.319 e. The third kappa shape index (κ3) is 3.06. The number of nitrogens with one attached hydrogen (secondary N) is 2. The van der Waals surface area contributed by atoms with Gasteiger partial charge in [0.25, 0.3) is 0 Å². The van der Waals surface area contributed by atoms with Crippen molar-refractivity contribution in [2.45, 2.75) is 44.3 Å². The molecule has 3 aliphatic rings. The minimum absolute atomic E-state index is 0.132. The Morgan fingerprint density at radius 1 is 1.13 bits per heavy atom. The Hall–Kier alpha value is -1.65. The molecule has 4 rings (SSSR count). The van der Waals surface area contributed by atoms with Gasteiger partial charge in [-0.3, -0.25) is 10.2 Å². The SMILES string of the molecule is O=C(/C=C/c1ccccc1)N(C1CCNN1)C1CC2CCC1C2. The molecular formula is C19H25N3O. The van der Waals surface area contributed by atoms with E-state index >= 15 is 0 Å². The van der Waals surface area contributed by atoms with E-state index in [0.29, 0.717) is 12.0 Å². The summed E-state index contributed by atoms with van der Waals surface area (Å²) in [6.45, 7) is 0.928. The smallest absolute Gasteiger partial charge is 0.248 e. The lowest BCUT2D eigenvalue weighted by atomic mass is 9.93. The second-order valence-corrected chi connectivity index (χ2v) is 7.11. The summed E-state index contributed by atoms with van der Waals surface area (Å²) in [6.07, 6.45) is 9.96. The molecule has 1 aliphatic heterocycles. The lowest BCUT2D eigenvalue weighted by Gasteiger charge is -2.38. The first-order valence-electron chi connectivity index (χ1n) is 8.85. The van der Waals surface area contributed by atoms with Gasteiger partial charge in [0.05, 0.1) is 6.17 Å². The molecule has 4 unspecified atom stereocenters. The van der Waals surface area contributed by atoms with Crippen molar-refractivity contribution in [3.8, 4) is 0 Å². The molecule has 0 aromatic heterocycles. The zero-order chi connectivity index (χ0) is 15.6. The van der Waals surface area contributed by atoms with Gasteiger partial charge in [-0.05, 0) is 49.2 Å². The van der Waals surface area contributed by atoms with Gasteiger partial charge in [0, 0.05) is 18.7 Å². The van der Waals surface area contributed by atoms with Crippen molar-refractivity contribution in [1.82, 2.24) is 15.8 Å². The molecule has 1 aromatic carbocycles. The number of carbonyl (C=O) groups excluding carboxylic acids is 1. The van der Waals surface area contributed by atoms with E-state index in [4.69, 9.17) is 0 Å². The molecule has 122 valence electrons. The van der Waals surface area contributed by atoms with Crippen LogP contribution in [-0.2, 0) is 4.79 Å². The molecule has 1 aromatic rings. The average molecular weight is 311 g/mol. The van der Waals surface area contributed by atoms with E-state index in [9.17, 15) is 4.79 Å². The van der Waals surface area contributed by atoms with Crippen LogP contribution in [0, 0.1) is 11.8 Å². The maximum atomic E-state index is 12.9. The van der Waals surface area contributed by atoms with Crippen LogP contribution in [-0.4, -0.2) is 29.6 Å². The number of hydrogen-bond acceptors (Lipinski definition) is 3. The fourth-order valence-electron chi connectivity index (χ4n) is 4.60. The molecular weight excluding hydrogens is 286 g/mol. The van der Waals surface area contributed by atoms with Crippen LogP contribution in [0.2, 0.25) is 0 Å². The fourth-order valence-corrected chi connectivity index (χ4v) is 4.60. The molecule has 23 heavy (non-hydrogen) atoms. The quantitative estimate of drug-likeness (QED) is 0.840. The van der Waals surface area contributed by atoms with Gasteiger partial charge in [0.1, 0.15) is 0 Å². The summed E-state index contributed by atoms with van der Waals surface area (Å²) in [7, 11) is 0. The van der Waals surface area contributed by atoms with Crippen LogP contribution in [0.4, 0.5) is 0 Å². The summed E-state index contributed by atoms with van der Waals surface area (Å²) in [5.74, 6) is 1.69. The zero-order valence-corrected chi connectivity index (χ0v) is 13.4. The van der Waals surface area contributed by atoms with E-state index in [-0.39, 0.29) is 12.1 Å². The van der Waals surface area contributed by atoms with Crippen LogP contribution in [0.25, 0.3) is 6.08 Å². The molecule has 2 N–H and O–H groups in total. The maximum absolute atomic E-state index is 12.9. The molecule has 1 saturated heterocycles. The molecule has 2 saturated carbocycles. The first-order valence-corrected chi connectivity index (χ1v) is 8.85. The van der Waals surface area contributed by atoms with Crippen molar-refractivity contribution < 1.29 is 4.79 Å². The minimum atomic E-state index is 0.132. The first-order chi connectivity index (χ1) is 11.3. The molecule has 0 radical (unpaired) electrons. The van der Waals surface area contributed by atoms with Gasteiger partial charge < -0.3 is 4.90 Å². The van der Waals surface area contributed by atoms with Gasteiger partial charge in [-0.15, -0.1) is 0 Å². The highest BCUT2D eigenvalue weighted by Crippen LogP contribution is 2.47. The zero-order valence-electron chi connectivity index (χ0n) is 13.4.